The number of nitrogens with zero attached hydrogens (tertiary/aromatic N) is 1. The van der Waals surface area contributed by atoms with Crippen molar-refractivity contribution >= 4 is 45.0 Å². The first-order valence-corrected chi connectivity index (χ1v) is 9.45. The number of likely N-dealkylation sites (N-methyl/N-ethyl adjacent to an activating group) is 1. The zero-order chi connectivity index (χ0) is 19.3. The summed E-state index contributed by atoms with van der Waals surface area (Å²) < 4.78 is 25.6. The largest absolute Gasteiger partial charge is 0.372 e. The predicted octanol–water partition coefficient (Wildman–Crippen LogP) is 0.558. The summed E-state index contributed by atoms with van der Waals surface area (Å²) >= 11 is 11.5. The average Bonchev–Trinajstić information content (AvgIpc) is 2.60. The molecule has 0 fully saturated rings. The second-order valence-corrected chi connectivity index (χ2v) is 8.13. The molecule has 0 aliphatic heterocycles. The van der Waals surface area contributed by atoms with Crippen LogP contribution >= 0.6 is 23.2 Å². The lowest BCUT2D eigenvalue weighted by molar-refractivity contribution is -0.723. The van der Waals surface area contributed by atoms with E-state index < -0.39 is 22.5 Å². The summed E-state index contributed by atoms with van der Waals surface area (Å²) in [6, 6.07) is 12.1. The van der Waals surface area contributed by atoms with Gasteiger partial charge in [0.05, 0.1) is 10.5 Å². The van der Waals surface area contributed by atoms with E-state index in [-0.39, 0.29) is 10.7 Å². The molecule has 0 heterocycles. The summed E-state index contributed by atoms with van der Waals surface area (Å²) in [5.41, 5.74) is 6.32. The van der Waals surface area contributed by atoms with Crippen molar-refractivity contribution in [3.63, 3.8) is 0 Å². The maximum atomic E-state index is 12.4. The summed E-state index contributed by atoms with van der Waals surface area (Å²) in [5.74, 6) is -0.750. The number of rotatable bonds is 6. The van der Waals surface area contributed by atoms with Crippen LogP contribution in [0.1, 0.15) is 5.56 Å². The van der Waals surface area contributed by atoms with Crippen LogP contribution in [-0.2, 0) is 19.7 Å². The van der Waals surface area contributed by atoms with Gasteiger partial charge < -0.3 is 0 Å². The highest BCUT2D eigenvalue weighted by Crippen LogP contribution is 2.17. The van der Waals surface area contributed by atoms with Gasteiger partial charge in [0.2, 0.25) is 10.0 Å². The number of hydrogen-bond donors (Lipinski definition) is 2. The number of nitrogen functional groups attached to an aromatic ring is 1. The van der Waals surface area contributed by atoms with Gasteiger partial charge in [0.1, 0.15) is 6.54 Å². The van der Waals surface area contributed by atoms with Crippen LogP contribution in [-0.4, -0.2) is 38.1 Å². The molecule has 10 heteroatoms. The highest BCUT2D eigenvalue weighted by molar-refractivity contribution is 7.89. The summed E-state index contributed by atoms with van der Waals surface area (Å²) in [7, 11) is -2.59. The number of hydrogen-bond acceptors (Lipinski definition) is 4. The number of benzene rings is 2. The Labute approximate surface area is 161 Å². The number of halogens is 2. The standard InChI is InChI=1S/C16H15Cl2N3O4S/c1-21(26(23,24)14-8-6-13(18)7-9-14)10-15(22)25-20-16(19)11-2-4-12(17)5-3-11/h2-9H,10H2,1H3,(H2,19,20)/p+1. The Balaban J connectivity index is 2.01. The van der Waals surface area contributed by atoms with E-state index in [1.165, 1.54) is 31.3 Å². The van der Waals surface area contributed by atoms with E-state index in [9.17, 15) is 13.2 Å². The first kappa shape index (κ1) is 20.2. The zero-order valence-electron chi connectivity index (χ0n) is 13.6. The lowest BCUT2D eigenvalue weighted by Gasteiger charge is -2.15. The lowest BCUT2D eigenvalue weighted by Crippen LogP contribution is -2.76. The molecule has 0 unspecified atom stereocenters. The lowest BCUT2D eigenvalue weighted by atomic mass is 10.2. The van der Waals surface area contributed by atoms with Gasteiger partial charge in [-0.15, -0.1) is 0 Å². The van der Waals surface area contributed by atoms with Gasteiger partial charge in [-0.2, -0.15) is 4.31 Å². The topological polar surface area (TPSA) is 104 Å². The number of nitrogens with one attached hydrogen (secondary N) is 1. The van der Waals surface area contributed by atoms with Crippen molar-refractivity contribution in [2.45, 2.75) is 4.90 Å². The Morgan fingerprint density at radius 3 is 2.12 bits per heavy atom. The quantitative estimate of drug-likeness (QED) is 0.309. The van der Waals surface area contributed by atoms with Gasteiger partial charge in [0.15, 0.2) is 0 Å². The van der Waals surface area contributed by atoms with Crippen molar-refractivity contribution in [1.29, 1.82) is 0 Å². The van der Waals surface area contributed by atoms with Gasteiger partial charge in [-0.05, 0) is 48.5 Å². The number of carbonyl (C=O) groups is 1. The van der Waals surface area contributed by atoms with Crippen molar-refractivity contribution in [2.24, 2.45) is 5.73 Å². The third-order valence-electron chi connectivity index (χ3n) is 3.30. The van der Waals surface area contributed by atoms with Crippen molar-refractivity contribution in [2.75, 3.05) is 13.6 Å². The van der Waals surface area contributed by atoms with Gasteiger partial charge in [0, 0.05) is 17.1 Å². The number of carbonyl (C=O) groups excluding carboxylic acids is 1. The molecule has 138 valence electrons. The molecule has 2 rings (SSSR count). The third kappa shape index (κ3) is 5.18. The molecule has 0 radical (unpaired) electrons. The number of nitrogens with two attached hydrogens (primary N) is 1. The Kier molecular flexibility index (Phi) is 6.60. The molecule has 0 amide bonds. The van der Waals surface area contributed by atoms with Gasteiger partial charge >= 0.3 is 11.8 Å². The fourth-order valence-electron chi connectivity index (χ4n) is 1.89. The minimum absolute atomic E-state index is 0.0115. The fourth-order valence-corrected chi connectivity index (χ4v) is 3.25. The molecule has 0 aliphatic rings. The molecule has 7 nitrogen and oxygen atoms in total. The second kappa shape index (κ2) is 8.50. The minimum atomic E-state index is -3.85. The van der Waals surface area contributed by atoms with Crippen LogP contribution in [0.15, 0.2) is 53.4 Å². The zero-order valence-corrected chi connectivity index (χ0v) is 16.0. The Hall–Kier alpha value is -2.13. The molecule has 0 saturated heterocycles. The van der Waals surface area contributed by atoms with Gasteiger partial charge in [-0.1, -0.05) is 28.4 Å². The molecule has 0 aromatic heterocycles. The number of amidine groups is 1. The van der Waals surface area contributed by atoms with Crippen LogP contribution in [0, 0.1) is 0 Å². The maximum Gasteiger partial charge on any atom is 0.372 e. The van der Waals surface area contributed by atoms with E-state index in [0.29, 0.717) is 15.6 Å². The van der Waals surface area contributed by atoms with Gasteiger partial charge in [-0.3, -0.25) is 10.6 Å². The molecule has 0 spiro atoms. The molecule has 2 aromatic carbocycles. The minimum Gasteiger partial charge on any atom is -0.284 e. The highest BCUT2D eigenvalue weighted by Gasteiger charge is 2.24. The van der Waals surface area contributed by atoms with Crippen LogP contribution < -0.4 is 10.9 Å². The Morgan fingerprint density at radius 2 is 1.58 bits per heavy atom. The second-order valence-electron chi connectivity index (χ2n) is 5.21. The van der Waals surface area contributed by atoms with Crippen molar-refractivity contribution in [3.8, 4) is 0 Å². The van der Waals surface area contributed by atoms with E-state index in [1.807, 2.05) is 0 Å². The Morgan fingerprint density at radius 1 is 1.08 bits per heavy atom. The number of sulfonamides is 1. The van der Waals surface area contributed by atoms with Gasteiger partial charge in [-0.25, -0.2) is 13.2 Å². The first-order valence-electron chi connectivity index (χ1n) is 7.26. The van der Waals surface area contributed by atoms with Crippen molar-refractivity contribution < 1.29 is 23.2 Å². The third-order valence-corrected chi connectivity index (χ3v) is 5.63. The molecule has 0 saturated carbocycles. The first-order chi connectivity index (χ1) is 12.2. The van der Waals surface area contributed by atoms with Crippen LogP contribution in [0.2, 0.25) is 10.0 Å². The van der Waals surface area contributed by atoms with E-state index in [0.717, 1.165) is 4.31 Å². The van der Waals surface area contributed by atoms with Crippen LogP contribution in [0.5, 0.6) is 0 Å². The predicted molar refractivity (Wildman–Crippen MR) is 98.1 cm³/mol. The van der Waals surface area contributed by atoms with Crippen LogP contribution in [0.4, 0.5) is 0 Å². The fraction of sp³-hybridized carbons (Fsp3) is 0.125. The summed E-state index contributed by atoms with van der Waals surface area (Å²) in [5, 5.41) is 3.23. The molecule has 0 bridgehead atoms. The molecule has 3 N–H and O–H groups in total. The molecular formula is C16H16Cl2N3O4S+. The molecular weight excluding hydrogens is 401 g/mol. The summed E-state index contributed by atoms with van der Waals surface area (Å²) in [6.45, 7) is -0.508. The smallest absolute Gasteiger partial charge is 0.284 e. The maximum absolute atomic E-state index is 12.4. The summed E-state index contributed by atoms with van der Waals surface area (Å²) in [4.78, 5) is 16.7. The van der Waals surface area contributed by atoms with E-state index in [2.05, 4.69) is 5.16 Å². The van der Waals surface area contributed by atoms with E-state index in [1.54, 1.807) is 24.3 Å². The Bertz CT molecular complexity index is 914. The van der Waals surface area contributed by atoms with E-state index in [4.69, 9.17) is 33.8 Å². The summed E-state index contributed by atoms with van der Waals surface area (Å²) in [6.07, 6.45) is 0. The van der Waals surface area contributed by atoms with Crippen molar-refractivity contribution in [3.05, 3.63) is 64.1 Å². The average molecular weight is 417 g/mol. The normalized spacial score (nSPS) is 12.2. The van der Waals surface area contributed by atoms with Crippen LogP contribution in [0.3, 0.4) is 0 Å². The molecule has 0 aliphatic carbocycles. The molecule has 0 atom stereocenters. The monoisotopic (exact) mass is 416 g/mol. The van der Waals surface area contributed by atoms with Crippen LogP contribution in [0.25, 0.3) is 0 Å². The van der Waals surface area contributed by atoms with E-state index >= 15 is 0 Å². The molecule has 26 heavy (non-hydrogen) atoms. The molecule has 2 aromatic rings. The SMILES string of the molecule is CN(CC(=O)O[NH+]=C(N)c1ccc(Cl)cc1)S(=O)(=O)c1ccc(Cl)cc1. The van der Waals surface area contributed by atoms with Gasteiger partial charge in [0.25, 0.3) is 0 Å². The highest BCUT2D eigenvalue weighted by atomic mass is 35.5. The van der Waals surface area contributed by atoms with Crippen molar-refractivity contribution in [1.82, 2.24) is 4.31 Å².